The quantitative estimate of drug-likeness (QED) is 0.703. The molecule has 1 aliphatic rings. The Morgan fingerprint density at radius 1 is 1.14 bits per heavy atom. The Hall–Kier alpha value is -3.69. The lowest BCUT2D eigenvalue weighted by Crippen LogP contribution is -2.36. The van der Waals surface area contributed by atoms with Gasteiger partial charge in [-0.3, -0.25) is 14.9 Å². The molecule has 2 N–H and O–H groups in total. The van der Waals surface area contributed by atoms with E-state index in [0.717, 1.165) is 12.1 Å². The first-order valence-electron chi connectivity index (χ1n) is 8.61. The molecule has 7 nitrogen and oxygen atoms in total. The van der Waals surface area contributed by atoms with E-state index in [2.05, 4.69) is 20.7 Å². The Balaban J connectivity index is 1.62. The average Bonchev–Trinajstić information content (AvgIpc) is 3.11. The molecule has 0 aliphatic carbocycles. The van der Waals surface area contributed by atoms with Gasteiger partial charge in [-0.25, -0.2) is 4.68 Å². The van der Waals surface area contributed by atoms with Gasteiger partial charge in [0.2, 0.25) is 17.8 Å². The molecular formula is C19H14F3N5O2. The van der Waals surface area contributed by atoms with E-state index in [1.54, 1.807) is 24.3 Å². The van der Waals surface area contributed by atoms with E-state index >= 15 is 0 Å². The minimum Gasteiger partial charge on any atom is -0.324 e. The summed E-state index contributed by atoms with van der Waals surface area (Å²) in [7, 11) is 0. The van der Waals surface area contributed by atoms with E-state index in [4.69, 9.17) is 0 Å². The van der Waals surface area contributed by atoms with Gasteiger partial charge in [-0.2, -0.15) is 18.2 Å². The third kappa shape index (κ3) is 3.82. The van der Waals surface area contributed by atoms with Crippen molar-refractivity contribution in [3.05, 3.63) is 60.2 Å². The summed E-state index contributed by atoms with van der Waals surface area (Å²) in [6, 6.07) is 12.2. The summed E-state index contributed by atoms with van der Waals surface area (Å²) in [4.78, 5) is 29.0. The number of benzene rings is 2. The van der Waals surface area contributed by atoms with E-state index in [1.807, 2.05) is 6.07 Å². The van der Waals surface area contributed by atoms with Crippen LogP contribution in [0.15, 0.2) is 54.6 Å². The maximum Gasteiger partial charge on any atom is 0.416 e. The van der Waals surface area contributed by atoms with Gasteiger partial charge in [0, 0.05) is 11.3 Å². The molecule has 29 heavy (non-hydrogen) atoms. The highest BCUT2D eigenvalue weighted by molar-refractivity contribution is 6.00. The van der Waals surface area contributed by atoms with Gasteiger partial charge in [0.05, 0.1) is 12.0 Å². The molecular weight excluding hydrogens is 387 g/mol. The van der Waals surface area contributed by atoms with Crippen LogP contribution in [-0.2, 0) is 15.8 Å². The summed E-state index contributed by atoms with van der Waals surface area (Å²) in [6.45, 7) is 0. The predicted molar refractivity (Wildman–Crippen MR) is 97.8 cm³/mol. The Labute approximate surface area is 162 Å². The lowest BCUT2D eigenvalue weighted by Gasteiger charge is -2.22. The molecule has 148 valence electrons. The fraction of sp³-hybridized carbons (Fsp3) is 0.158. The van der Waals surface area contributed by atoms with Crippen LogP contribution < -0.4 is 10.6 Å². The van der Waals surface area contributed by atoms with Gasteiger partial charge in [-0.05, 0) is 18.2 Å². The van der Waals surface area contributed by atoms with Gasteiger partial charge >= 0.3 is 6.18 Å². The van der Waals surface area contributed by atoms with Crippen LogP contribution in [0.25, 0.3) is 11.4 Å². The van der Waals surface area contributed by atoms with Crippen LogP contribution >= 0.6 is 0 Å². The van der Waals surface area contributed by atoms with Gasteiger partial charge in [-0.15, -0.1) is 5.10 Å². The van der Waals surface area contributed by atoms with Crippen molar-refractivity contribution < 1.29 is 22.8 Å². The molecule has 0 unspecified atom stereocenters. The predicted octanol–water partition coefficient (Wildman–Crippen LogP) is 3.49. The van der Waals surface area contributed by atoms with E-state index in [1.165, 1.54) is 16.8 Å². The number of hydrogen-bond donors (Lipinski definition) is 2. The van der Waals surface area contributed by atoms with Crippen molar-refractivity contribution in [2.24, 2.45) is 0 Å². The lowest BCUT2D eigenvalue weighted by atomic mass is 10.1. The highest BCUT2D eigenvalue weighted by atomic mass is 19.4. The van der Waals surface area contributed by atoms with Crippen LogP contribution in [0.4, 0.5) is 24.8 Å². The molecule has 0 radical (unpaired) electrons. The zero-order chi connectivity index (χ0) is 20.6. The zero-order valence-corrected chi connectivity index (χ0v) is 14.8. The number of rotatable bonds is 3. The molecule has 1 aliphatic heterocycles. The van der Waals surface area contributed by atoms with Gasteiger partial charge in [0.1, 0.15) is 6.04 Å². The monoisotopic (exact) mass is 401 g/mol. The number of halogens is 3. The molecule has 10 heteroatoms. The summed E-state index contributed by atoms with van der Waals surface area (Å²) < 4.78 is 39.9. The highest BCUT2D eigenvalue weighted by Gasteiger charge is 2.34. The molecule has 0 bridgehead atoms. The van der Waals surface area contributed by atoms with E-state index < -0.39 is 29.6 Å². The highest BCUT2D eigenvalue weighted by Crippen LogP contribution is 2.31. The average molecular weight is 401 g/mol. The molecule has 1 aromatic heterocycles. The molecule has 0 spiro atoms. The number of anilines is 2. The van der Waals surface area contributed by atoms with Gasteiger partial charge in [0.15, 0.2) is 5.82 Å². The van der Waals surface area contributed by atoms with E-state index in [9.17, 15) is 22.8 Å². The van der Waals surface area contributed by atoms with Crippen LogP contribution in [0.3, 0.4) is 0 Å². The summed E-state index contributed by atoms with van der Waals surface area (Å²) in [5.41, 5.74) is -0.217. The second-order valence-electron chi connectivity index (χ2n) is 6.41. The number of carbonyl (C=O) groups excluding carboxylic acids is 2. The van der Waals surface area contributed by atoms with Gasteiger partial charge in [0.25, 0.3) is 0 Å². The van der Waals surface area contributed by atoms with E-state index in [-0.39, 0.29) is 18.1 Å². The fourth-order valence-electron chi connectivity index (χ4n) is 2.98. The maximum absolute atomic E-state index is 12.9. The van der Waals surface area contributed by atoms with Crippen LogP contribution in [0, 0.1) is 0 Å². The summed E-state index contributed by atoms with van der Waals surface area (Å²) in [6.07, 6.45) is -4.75. The fourth-order valence-corrected chi connectivity index (χ4v) is 2.98. The molecule has 4 rings (SSSR count). The SMILES string of the molecule is O=C1C[C@@H](C(=O)Nc2cccc(C(F)(F)F)c2)n2nc(-c3ccccc3)nc2N1. The van der Waals surface area contributed by atoms with Crippen molar-refractivity contribution >= 4 is 23.5 Å². The van der Waals surface area contributed by atoms with Crippen LogP contribution in [0.2, 0.25) is 0 Å². The topological polar surface area (TPSA) is 88.9 Å². The minimum absolute atomic E-state index is 0.0271. The Morgan fingerprint density at radius 2 is 1.90 bits per heavy atom. The van der Waals surface area contributed by atoms with Crippen LogP contribution in [0.1, 0.15) is 18.0 Å². The van der Waals surface area contributed by atoms with Crippen molar-refractivity contribution in [1.82, 2.24) is 14.8 Å². The van der Waals surface area contributed by atoms with Crippen LogP contribution in [0.5, 0.6) is 0 Å². The number of carbonyl (C=O) groups is 2. The standard InChI is InChI=1S/C19H14F3N5O2/c20-19(21,22)12-7-4-8-13(9-12)23-17(29)14-10-15(28)24-18-25-16(26-27(14)18)11-5-2-1-3-6-11/h1-9,14H,10H2,(H,23,29)(H,24,25,26,28)/t14-/m0/s1. The number of alkyl halides is 3. The Bertz CT molecular complexity index is 1080. The number of amides is 2. The van der Waals surface area contributed by atoms with Crippen molar-refractivity contribution in [3.63, 3.8) is 0 Å². The summed E-state index contributed by atoms with van der Waals surface area (Å²) in [5, 5.41) is 9.28. The summed E-state index contributed by atoms with van der Waals surface area (Å²) in [5.74, 6) is -0.678. The van der Waals surface area contributed by atoms with Crippen molar-refractivity contribution in [3.8, 4) is 11.4 Å². The molecule has 2 heterocycles. The zero-order valence-electron chi connectivity index (χ0n) is 14.8. The number of aromatic nitrogens is 3. The number of hydrogen-bond acceptors (Lipinski definition) is 4. The van der Waals surface area contributed by atoms with Crippen LogP contribution in [-0.4, -0.2) is 26.6 Å². The van der Waals surface area contributed by atoms with Crippen molar-refractivity contribution in [1.29, 1.82) is 0 Å². The lowest BCUT2D eigenvalue weighted by molar-refractivity contribution is -0.137. The molecule has 1 atom stereocenters. The molecule has 0 fully saturated rings. The van der Waals surface area contributed by atoms with Crippen molar-refractivity contribution in [2.45, 2.75) is 18.6 Å². The van der Waals surface area contributed by atoms with Gasteiger partial charge < -0.3 is 5.32 Å². The minimum atomic E-state index is -4.53. The Morgan fingerprint density at radius 3 is 2.62 bits per heavy atom. The third-order valence-corrected chi connectivity index (χ3v) is 4.35. The van der Waals surface area contributed by atoms with E-state index in [0.29, 0.717) is 11.4 Å². The first kappa shape index (κ1) is 18.7. The first-order valence-corrected chi connectivity index (χ1v) is 8.61. The number of fused-ring (bicyclic) bond motifs is 1. The maximum atomic E-state index is 12.9. The Kier molecular flexibility index (Phi) is 4.53. The third-order valence-electron chi connectivity index (χ3n) is 4.35. The second kappa shape index (κ2) is 7.04. The van der Waals surface area contributed by atoms with Gasteiger partial charge in [-0.1, -0.05) is 36.4 Å². The molecule has 0 saturated carbocycles. The molecule has 2 aromatic carbocycles. The molecule has 2 amide bonds. The first-order chi connectivity index (χ1) is 13.8. The smallest absolute Gasteiger partial charge is 0.324 e. The van der Waals surface area contributed by atoms with Crippen molar-refractivity contribution in [2.75, 3.05) is 10.6 Å². The second-order valence-corrected chi connectivity index (χ2v) is 6.41. The number of nitrogens with zero attached hydrogens (tertiary/aromatic N) is 3. The molecule has 3 aromatic rings. The number of nitrogens with one attached hydrogen (secondary N) is 2. The molecule has 0 saturated heterocycles. The largest absolute Gasteiger partial charge is 0.416 e. The normalized spacial score (nSPS) is 16.1. The summed E-state index contributed by atoms with van der Waals surface area (Å²) >= 11 is 0.